The van der Waals surface area contributed by atoms with Gasteiger partial charge in [0.15, 0.2) is 0 Å². The summed E-state index contributed by atoms with van der Waals surface area (Å²) in [7, 11) is -0.890. The summed E-state index contributed by atoms with van der Waals surface area (Å²) in [4.78, 5) is 2.14. The molecule has 6 heteroatoms. The number of hydrogen-bond donors (Lipinski definition) is 2. The zero-order valence-electron chi connectivity index (χ0n) is 14.1. The van der Waals surface area contributed by atoms with Crippen LogP contribution in [0.25, 0.3) is 0 Å². The second-order valence-corrected chi connectivity index (χ2v) is 7.23. The van der Waals surface area contributed by atoms with Gasteiger partial charge in [-0.1, -0.05) is 27.2 Å². The molecule has 1 aliphatic heterocycles. The Morgan fingerprint density at radius 3 is 2.45 bits per heavy atom. The molecule has 1 fully saturated rings. The van der Waals surface area contributed by atoms with Crippen LogP contribution in [0.5, 0.6) is 5.75 Å². The second-order valence-electron chi connectivity index (χ2n) is 5.50. The number of nitrogen functional groups attached to an aromatic ring is 1. The van der Waals surface area contributed by atoms with Crippen LogP contribution in [0.15, 0.2) is 18.2 Å². The first-order valence-corrected chi connectivity index (χ1v) is 9.20. The van der Waals surface area contributed by atoms with Gasteiger partial charge >= 0.3 is 0 Å². The lowest BCUT2D eigenvalue weighted by atomic mass is 10.1. The van der Waals surface area contributed by atoms with Crippen LogP contribution in [0.3, 0.4) is 0 Å². The van der Waals surface area contributed by atoms with E-state index >= 15 is 0 Å². The van der Waals surface area contributed by atoms with Gasteiger partial charge in [-0.05, 0) is 19.1 Å². The summed E-state index contributed by atoms with van der Waals surface area (Å²) in [6.45, 7) is 10.5. The van der Waals surface area contributed by atoms with Crippen LogP contribution in [0.1, 0.15) is 34.1 Å². The van der Waals surface area contributed by atoms with Gasteiger partial charge in [-0.25, -0.2) is 8.51 Å². The molecule has 22 heavy (non-hydrogen) atoms. The molecule has 1 aromatic rings. The average molecular weight is 327 g/mol. The summed E-state index contributed by atoms with van der Waals surface area (Å²) in [5, 5.41) is 9.99. The second kappa shape index (κ2) is 9.00. The minimum absolute atomic E-state index is 0.205. The van der Waals surface area contributed by atoms with Gasteiger partial charge < -0.3 is 15.7 Å². The Balaban J connectivity index is 0.000000745. The van der Waals surface area contributed by atoms with Gasteiger partial charge in [0.2, 0.25) is 0 Å². The average Bonchev–Trinajstić information content (AvgIpc) is 2.48. The maximum absolute atomic E-state index is 11.8. The topological polar surface area (TPSA) is 69.8 Å². The van der Waals surface area contributed by atoms with E-state index in [1.165, 1.54) is 6.42 Å². The molecule has 3 N–H and O–H groups in total. The van der Waals surface area contributed by atoms with Crippen LogP contribution < -0.4 is 10.6 Å². The molecule has 0 saturated carbocycles. The fourth-order valence-electron chi connectivity index (χ4n) is 2.43. The molecule has 1 saturated heterocycles. The fraction of sp³-hybridized carbons (Fsp3) is 0.625. The van der Waals surface area contributed by atoms with Crippen molar-refractivity contribution >= 4 is 22.4 Å². The van der Waals surface area contributed by atoms with E-state index in [9.17, 15) is 9.32 Å². The molecule has 0 radical (unpaired) electrons. The summed E-state index contributed by atoms with van der Waals surface area (Å²) in [5.74, 6) is 0.858. The number of anilines is 2. The molecule has 0 aromatic heterocycles. The molecule has 1 heterocycles. The van der Waals surface area contributed by atoms with Crippen molar-refractivity contribution in [3.8, 4) is 5.75 Å². The van der Waals surface area contributed by atoms with Gasteiger partial charge in [0.05, 0.1) is 16.7 Å². The van der Waals surface area contributed by atoms with Gasteiger partial charge in [0.25, 0.3) is 0 Å². The summed E-state index contributed by atoms with van der Waals surface area (Å²) in [5.41, 5.74) is 6.99. The van der Waals surface area contributed by atoms with Crippen LogP contribution in [0.4, 0.5) is 11.4 Å². The highest BCUT2D eigenvalue weighted by Gasteiger charge is 2.27. The van der Waals surface area contributed by atoms with Gasteiger partial charge in [0.1, 0.15) is 5.75 Å². The number of aromatic hydroxyl groups is 1. The Bertz CT molecular complexity index is 496. The number of hydrogen-bond acceptors (Lipinski definition) is 4. The summed E-state index contributed by atoms with van der Waals surface area (Å²) in [6, 6.07) is 5.41. The van der Waals surface area contributed by atoms with E-state index in [1.54, 1.807) is 12.1 Å². The molecular formula is C16H29N3O2S. The fourth-order valence-corrected chi connectivity index (χ4v) is 3.47. The Kier molecular flexibility index (Phi) is 7.68. The zero-order chi connectivity index (χ0) is 16.7. The molecule has 1 aliphatic rings. The van der Waals surface area contributed by atoms with Crippen LogP contribution in [-0.2, 0) is 11.0 Å². The van der Waals surface area contributed by atoms with Crippen LogP contribution >= 0.6 is 0 Å². The van der Waals surface area contributed by atoms with E-state index in [1.807, 2.05) is 17.3 Å². The first kappa shape index (κ1) is 18.8. The Morgan fingerprint density at radius 2 is 1.95 bits per heavy atom. The van der Waals surface area contributed by atoms with Crippen molar-refractivity contribution in [2.45, 2.75) is 40.2 Å². The van der Waals surface area contributed by atoms with E-state index in [4.69, 9.17) is 5.73 Å². The molecule has 5 nitrogen and oxygen atoms in total. The van der Waals surface area contributed by atoms with Gasteiger partial charge in [-0.3, -0.25) is 0 Å². The molecule has 0 spiro atoms. The lowest BCUT2D eigenvalue weighted by molar-refractivity contribution is 0.357. The van der Waals surface area contributed by atoms with Crippen molar-refractivity contribution < 1.29 is 9.32 Å². The largest absolute Gasteiger partial charge is 0.506 e. The molecule has 2 rings (SSSR count). The van der Waals surface area contributed by atoms with Crippen molar-refractivity contribution in [1.82, 2.24) is 4.31 Å². The highest BCUT2D eigenvalue weighted by atomic mass is 32.2. The van der Waals surface area contributed by atoms with Crippen LogP contribution in [0, 0.1) is 0 Å². The van der Waals surface area contributed by atoms with Gasteiger partial charge in [-0.2, -0.15) is 0 Å². The quantitative estimate of drug-likeness (QED) is 0.837. The summed E-state index contributed by atoms with van der Waals surface area (Å²) >= 11 is 0. The van der Waals surface area contributed by atoms with Gasteiger partial charge in [0, 0.05) is 43.2 Å². The monoisotopic (exact) mass is 327 g/mol. The Labute approximate surface area is 136 Å². The normalized spacial score (nSPS) is 20.2. The summed E-state index contributed by atoms with van der Waals surface area (Å²) < 4.78 is 13.8. The lowest BCUT2D eigenvalue weighted by Crippen LogP contribution is -2.52. The van der Waals surface area contributed by atoms with Crippen molar-refractivity contribution in [1.29, 1.82) is 0 Å². The first-order chi connectivity index (χ1) is 10.4. The number of phenolic OH excluding ortho intramolecular Hbond substituents is 1. The van der Waals surface area contributed by atoms with Crippen LogP contribution in [-0.4, -0.2) is 45.0 Å². The third-order valence-electron chi connectivity index (χ3n) is 3.43. The van der Waals surface area contributed by atoms with E-state index in [2.05, 4.69) is 25.7 Å². The van der Waals surface area contributed by atoms with E-state index in [0.717, 1.165) is 25.3 Å². The lowest BCUT2D eigenvalue weighted by Gasteiger charge is -2.40. The van der Waals surface area contributed by atoms with E-state index in [-0.39, 0.29) is 11.8 Å². The molecular weight excluding hydrogens is 298 g/mol. The summed E-state index contributed by atoms with van der Waals surface area (Å²) in [6.07, 6.45) is 1.25. The minimum Gasteiger partial charge on any atom is -0.506 e. The molecule has 0 aliphatic carbocycles. The molecule has 1 unspecified atom stereocenters. The molecule has 0 bridgehead atoms. The van der Waals surface area contributed by atoms with E-state index < -0.39 is 11.0 Å². The SMILES string of the molecule is CCC.CCS(=O)N1CCN(c2ccc(N)cc2O)[C@@H](C)C1. The van der Waals surface area contributed by atoms with Crippen LogP contribution in [0.2, 0.25) is 0 Å². The number of phenols is 1. The van der Waals surface area contributed by atoms with Crippen molar-refractivity contribution in [3.63, 3.8) is 0 Å². The minimum atomic E-state index is -0.890. The zero-order valence-corrected chi connectivity index (χ0v) is 14.9. The maximum Gasteiger partial charge on any atom is 0.140 e. The number of nitrogens with two attached hydrogens (primary N) is 1. The smallest absolute Gasteiger partial charge is 0.140 e. The predicted octanol–water partition coefficient (Wildman–Crippen LogP) is 2.58. The number of piperazine rings is 1. The van der Waals surface area contributed by atoms with Crippen molar-refractivity contribution in [2.24, 2.45) is 0 Å². The van der Waals surface area contributed by atoms with Crippen molar-refractivity contribution in [2.75, 3.05) is 36.0 Å². The third kappa shape index (κ3) is 4.88. The highest BCUT2D eigenvalue weighted by molar-refractivity contribution is 7.82. The molecule has 1 aromatic carbocycles. The maximum atomic E-state index is 11.8. The third-order valence-corrected chi connectivity index (χ3v) is 4.84. The van der Waals surface area contributed by atoms with Crippen molar-refractivity contribution in [3.05, 3.63) is 18.2 Å². The van der Waals surface area contributed by atoms with E-state index in [0.29, 0.717) is 11.4 Å². The Morgan fingerprint density at radius 1 is 1.32 bits per heavy atom. The molecule has 0 amide bonds. The Hall–Kier alpha value is -1.27. The van der Waals surface area contributed by atoms with Gasteiger partial charge in [-0.15, -0.1) is 0 Å². The molecule has 126 valence electrons. The highest BCUT2D eigenvalue weighted by Crippen LogP contribution is 2.31. The molecule has 2 atom stereocenters. The predicted molar refractivity (Wildman–Crippen MR) is 95.5 cm³/mol. The first-order valence-electron chi connectivity index (χ1n) is 7.93. The number of rotatable bonds is 3. The number of nitrogens with zero attached hydrogens (tertiary/aromatic N) is 2. The number of benzene rings is 1. The standard InChI is InChI=1S/C13H21N3O2S.C3H8/c1-3-19(18)15-6-7-16(10(2)9-15)12-5-4-11(14)8-13(12)17;1-3-2/h4-5,8,10,17H,3,6-7,9,14H2,1-2H3;3H2,1-2H3/t10-,19?;/m0./s1.